The van der Waals surface area contributed by atoms with Crippen LogP contribution < -0.4 is 25.8 Å². The molecule has 3 aromatic rings. The SMILES string of the molecule is CCn1c(=O)c2c(c3cc(Nc4nc(N5CCCC(O)C5)ncc4Cl)ccc31)NC(C1CC1)C(F)(F)CO2. The van der Waals surface area contributed by atoms with Gasteiger partial charge >= 0.3 is 5.92 Å². The van der Waals surface area contributed by atoms with Crippen molar-refractivity contribution in [2.24, 2.45) is 5.92 Å². The molecule has 1 saturated heterocycles. The number of hydrogen-bond donors (Lipinski definition) is 3. The van der Waals surface area contributed by atoms with Gasteiger partial charge in [-0.1, -0.05) is 11.6 Å². The average Bonchev–Trinajstić information content (AvgIpc) is 3.73. The maximum atomic E-state index is 15.0. The third kappa shape index (κ3) is 4.51. The number of aliphatic hydroxyl groups is 1. The van der Waals surface area contributed by atoms with E-state index >= 15 is 0 Å². The molecule has 1 saturated carbocycles. The van der Waals surface area contributed by atoms with E-state index in [0.717, 1.165) is 19.4 Å². The van der Waals surface area contributed by atoms with Crippen LogP contribution in [0.25, 0.3) is 10.9 Å². The fraction of sp³-hybridized carbons (Fsp3) is 0.500. The average molecular weight is 547 g/mol. The highest BCUT2D eigenvalue weighted by atomic mass is 35.5. The molecule has 0 bridgehead atoms. The third-order valence-electron chi connectivity index (χ3n) is 7.47. The predicted molar refractivity (Wildman–Crippen MR) is 142 cm³/mol. The van der Waals surface area contributed by atoms with E-state index in [1.807, 2.05) is 11.8 Å². The molecular weight excluding hydrogens is 518 g/mol. The van der Waals surface area contributed by atoms with Gasteiger partial charge in [-0.3, -0.25) is 4.79 Å². The van der Waals surface area contributed by atoms with Crippen molar-refractivity contribution >= 4 is 45.6 Å². The van der Waals surface area contributed by atoms with E-state index in [4.69, 9.17) is 16.3 Å². The minimum atomic E-state index is -3.11. The number of nitrogens with zero attached hydrogens (tertiary/aromatic N) is 4. The van der Waals surface area contributed by atoms with Gasteiger partial charge in [0.2, 0.25) is 11.7 Å². The number of fused-ring (bicyclic) bond motifs is 3. The Morgan fingerprint density at radius 2 is 2.13 bits per heavy atom. The van der Waals surface area contributed by atoms with Crippen molar-refractivity contribution in [3.63, 3.8) is 0 Å². The second-order valence-corrected chi connectivity index (χ2v) is 10.6. The second-order valence-electron chi connectivity index (χ2n) is 10.2. The van der Waals surface area contributed by atoms with Gasteiger partial charge in [-0.25, -0.2) is 13.8 Å². The molecule has 202 valence electrons. The van der Waals surface area contributed by atoms with Crippen LogP contribution in [0.4, 0.5) is 31.9 Å². The number of ether oxygens (including phenoxy) is 1. The van der Waals surface area contributed by atoms with Crippen molar-refractivity contribution in [2.75, 3.05) is 35.2 Å². The molecule has 2 atom stereocenters. The summed E-state index contributed by atoms with van der Waals surface area (Å²) in [5.41, 5.74) is 1.05. The van der Waals surface area contributed by atoms with E-state index < -0.39 is 30.2 Å². The van der Waals surface area contributed by atoms with Crippen LogP contribution in [-0.2, 0) is 6.54 Å². The zero-order valence-electron chi connectivity index (χ0n) is 20.9. The molecule has 38 heavy (non-hydrogen) atoms. The second kappa shape index (κ2) is 9.53. The Morgan fingerprint density at radius 1 is 1.32 bits per heavy atom. The minimum absolute atomic E-state index is 0.0923. The van der Waals surface area contributed by atoms with E-state index in [-0.39, 0.29) is 17.4 Å². The Hall–Kier alpha value is -3.18. The number of pyridine rings is 1. The van der Waals surface area contributed by atoms with Gasteiger partial charge in [0.15, 0.2) is 12.4 Å². The summed E-state index contributed by atoms with van der Waals surface area (Å²) in [6.45, 7) is 2.50. The van der Waals surface area contributed by atoms with E-state index in [1.54, 1.807) is 18.2 Å². The lowest BCUT2D eigenvalue weighted by Gasteiger charge is -2.30. The molecular formula is C26H29ClF2N6O3. The molecule has 0 amide bonds. The number of piperidine rings is 1. The van der Waals surface area contributed by atoms with Crippen molar-refractivity contribution in [3.05, 3.63) is 39.8 Å². The summed E-state index contributed by atoms with van der Waals surface area (Å²) in [7, 11) is 0. The summed E-state index contributed by atoms with van der Waals surface area (Å²) >= 11 is 6.41. The smallest absolute Gasteiger partial charge is 0.301 e. The number of aromatic nitrogens is 3. The minimum Gasteiger partial charge on any atom is -0.480 e. The molecule has 2 unspecified atom stereocenters. The number of nitrogens with one attached hydrogen (secondary N) is 2. The van der Waals surface area contributed by atoms with Crippen LogP contribution in [0.2, 0.25) is 5.02 Å². The summed E-state index contributed by atoms with van der Waals surface area (Å²) in [6, 6.07) is 4.23. The zero-order valence-corrected chi connectivity index (χ0v) is 21.6. The lowest BCUT2D eigenvalue weighted by atomic mass is 10.0. The van der Waals surface area contributed by atoms with Crippen molar-refractivity contribution in [1.82, 2.24) is 14.5 Å². The Bertz CT molecular complexity index is 1450. The van der Waals surface area contributed by atoms with Gasteiger partial charge in [0.1, 0.15) is 5.02 Å². The largest absolute Gasteiger partial charge is 0.480 e. The summed E-state index contributed by atoms with van der Waals surface area (Å²) < 4.78 is 36.9. The lowest BCUT2D eigenvalue weighted by molar-refractivity contribution is -0.0579. The molecule has 12 heteroatoms. The fourth-order valence-corrected chi connectivity index (χ4v) is 5.52. The Morgan fingerprint density at radius 3 is 2.87 bits per heavy atom. The third-order valence-corrected chi connectivity index (χ3v) is 7.75. The van der Waals surface area contributed by atoms with Crippen LogP contribution in [0.5, 0.6) is 5.75 Å². The van der Waals surface area contributed by atoms with Crippen LogP contribution in [0.3, 0.4) is 0 Å². The fourth-order valence-electron chi connectivity index (χ4n) is 5.38. The summed E-state index contributed by atoms with van der Waals surface area (Å²) in [5.74, 6) is -2.55. The van der Waals surface area contributed by atoms with Crippen LogP contribution in [-0.4, -0.2) is 57.4 Å². The topological polar surface area (TPSA) is 105 Å². The zero-order chi connectivity index (χ0) is 26.6. The molecule has 2 fully saturated rings. The lowest BCUT2D eigenvalue weighted by Crippen LogP contribution is -2.44. The van der Waals surface area contributed by atoms with Gasteiger partial charge in [-0.05, 0) is 56.7 Å². The van der Waals surface area contributed by atoms with Crippen LogP contribution in [0.1, 0.15) is 32.6 Å². The highest BCUT2D eigenvalue weighted by Crippen LogP contribution is 2.45. The Labute approximate surface area is 222 Å². The van der Waals surface area contributed by atoms with Crippen molar-refractivity contribution < 1.29 is 18.6 Å². The van der Waals surface area contributed by atoms with Crippen molar-refractivity contribution in [1.29, 1.82) is 0 Å². The molecule has 1 aromatic carbocycles. The number of halogens is 3. The quantitative estimate of drug-likeness (QED) is 0.433. The van der Waals surface area contributed by atoms with Gasteiger partial charge in [-0.2, -0.15) is 4.98 Å². The van der Waals surface area contributed by atoms with Gasteiger partial charge in [0, 0.05) is 30.7 Å². The highest BCUT2D eigenvalue weighted by Gasteiger charge is 2.51. The number of anilines is 4. The normalized spacial score (nSPS) is 22.8. The number of alkyl halides is 2. The standard InChI is InChI=1S/C26H29ClF2N6O3/c1-2-35-19-8-7-15(31-23-18(27)11-30-25(33-23)34-9-3-4-16(36)12-34)10-17(19)20-21(24(35)37)38-13-26(28,29)22(32-20)14-5-6-14/h7-8,10-11,14,16,22,32,36H,2-6,9,12-13H2,1H3,(H,30,31,33). The molecule has 0 spiro atoms. The first-order valence-electron chi connectivity index (χ1n) is 13.0. The molecule has 0 radical (unpaired) electrons. The first-order chi connectivity index (χ1) is 18.2. The van der Waals surface area contributed by atoms with Crippen LogP contribution in [0, 0.1) is 5.92 Å². The van der Waals surface area contributed by atoms with E-state index in [2.05, 4.69) is 20.6 Å². The number of β-amino-alcohol motifs (C(OH)–C–C–N with tert-alkyl or cyclic N) is 1. The Kier molecular flexibility index (Phi) is 6.30. The van der Waals surface area contributed by atoms with Crippen LogP contribution in [0.15, 0.2) is 29.2 Å². The summed E-state index contributed by atoms with van der Waals surface area (Å²) in [6.07, 6.45) is 4.07. The monoisotopic (exact) mass is 546 g/mol. The maximum absolute atomic E-state index is 15.0. The molecule has 4 heterocycles. The number of hydrogen-bond acceptors (Lipinski definition) is 8. The molecule has 9 nitrogen and oxygen atoms in total. The molecule has 6 rings (SSSR count). The number of benzene rings is 1. The molecule has 3 N–H and O–H groups in total. The summed E-state index contributed by atoms with van der Waals surface area (Å²) in [4.78, 5) is 24.1. The van der Waals surface area contributed by atoms with Crippen LogP contribution >= 0.6 is 11.6 Å². The van der Waals surface area contributed by atoms with E-state index in [1.165, 1.54) is 10.8 Å². The molecule has 1 aliphatic carbocycles. The van der Waals surface area contributed by atoms with Gasteiger partial charge in [0.25, 0.3) is 5.56 Å². The molecule has 2 aromatic heterocycles. The number of aryl methyl sites for hydroxylation is 1. The predicted octanol–water partition coefficient (Wildman–Crippen LogP) is 4.39. The maximum Gasteiger partial charge on any atom is 0.301 e. The van der Waals surface area contributed by atoms with E-state index in [9.17, 15) is 18.7 Å². The molecule has 2 aliphatic heterocycles. The number of rotatable bonds is 5. The van der Waals surface area contributed by atoms with Gasteiger partial charge in [-0.15, -0.1) is 0 Å². The van der Waals surface area contributed by atoms with Crippen molar-refractivity contribution in [3.8, 4) is 5.75 Å². The van der Waals surface area contributed by atoms with Gasteiger partial charge < -0.3 is 29.9 Å². The highest BCUT2D eigenvalue weighted by molar-refractivity contribution is 6.32. The number of aliphatic hydroxyl groups excluding tert-OH is 1. The molecule has 3 aliphatic rings. The Balaban J connectivity index is 1.41. The van der Waals surface area contributed by atoms with E-state index in [0.29, 0.717) is 59.3 Å². The van der Waals surface area contributed by atoms with Crippen molar-refractivity contribution in [2.45, 2.75) is 57.2 Å². The first kappa shape index (κ1) is 25.1. The first-order valence-corrected chi connectivity index (χ1v) is 13.3. The van der Waals surface area contributed by atoms with Gasteiger partial charge in [0.05, 0.1) is 29.5 Å². The summed E-state index contributed by atoms with van der Waals surface area (Å²) in [5, 5.41) is 17.2.